The van der Waals surface area contributed by atoms with Crippen LogP contribution in [0.1, 0.15) is 77.5 Å². The molecule has 0 aliphatic carbocycles. The monoisotopic (exact) mass is 857 g/mol. The van der Waals surface area contributed by atoms with Gasteiger partial charge in [-0.05, 0) is 89.0 Å². The van der Waals surface area contributed by atoms with E-state index in [9.17, 15) is 38.7 Å². The lowest BCUT2D eigenvalue weighted by Crippen LogP contribution is -2.60. The number of amides is 6. The lowest BCUT2D eigenvalue weighted by Gasteiger charge is -2.27. The molecule has 22 nitrogen and oxygen atoms in total. The number of phenolic OH excluding ortho intramolecular Hbond substituents is 1. The van der Waals surface area contributed by atoms with E-state index in [1.54, 1.807) is 12.1 Å². The molecule has 338 valence electrons. The average Bonchev–Trinajstić information content (AvgIpc) is 3.71. The maximum atomic E-state index is 14.1. The molecule has 0 fully saturated rings. The number of aromatic hydroxyl groups is 1. The van der Waals surface area contributed by atoms with E-state index in [-0.39, 0.29) is 62.7 Å². The molecule has 17 N–H and O–H groups in total. The molecule has 6 amide bonds. The molecule has 22 heteroatoms. The van der Waals surface area contributed by atoms with Crippen molar-refractivity contribution >= 4 is 47.4 Å². The first-order chi connectivity index (χ1) is 28.8. The summed E-state index contributed by atoms with van der Waals surface area (Å²) in [4.78, 5) is 103. The number of hydrogen-bond donors (Lipinski definition) is 13. The average molecular weight is 858 g/mol. The molecule has 0 aliphatic heterocycles. The Balaban J connectivity index is 2.34. The number of benzene rings is 1. The summed E-state index contributed by atoms with van der Waals surface area (Å²) in [6, 6.07) is -2.18. The minimum atomic E-state index is -1.32. The number of hydrogen-bond acceptors (Lipinski definition) is 12. The minimum Gasteiger partial charge on any atom is -0.508 e. The minimum absolute atomic E-state index is 0.0208. The summed E-state index contributed by atoms with van der Waals surface area (Å²) < 4.78 is 0. The van der Waals surface area contributed by atoms with Gasteiger partial charge in [-0.25, -0.2) is 4.98 Å². The third-order valence-corrected chi connectivity index (χ3v) is 9.32. The fourth-order valence-corrected chi connectivity index (χ4v) is 5.92. The molecular formula is C39H63N13O9. The molecule has 0 bridgehead atoms. The van der Waals surface area contributed by atoms with Crippen molar-refractivity contribution in [1.29, 1.82) is 0 Å². The highest BCUT2D eigenvalue weighted by Gasteiger charge is 2.33. The van der Waals surface area contributed by atoms with Gasteiger partial charge in [-0.3, -0.25) is 38.6 Å². The Morgan fingerprint density at radius 1 is 0.705 bits per heavy atom. The zero-order valence-corrected chi connectivity index (χ0v) is 35.1. The number of carbonyl (C=O) groups is 7. The highest BCUT2D eigenvalue weighted by atomic mass is 16.4. The van der Waals surface area contributed by atoms with Crippen LogP contribution in [0.2, 0.25) is 0 Å². The number of carboxylic acid groups (broad SMARTS) is 1. The maximum absolute atomic E-state index is 14.1. The summed E-state index contributed by atoms with van der Waals surface area (Å²) in [5.74, 6) is -5.86. The van der Waals surface area contributed by atoms with Crippen LogP contribution in [0.15, 0.2) is 41.8 Å². The lowest BCUT2D eigenvalue weighted by atomic mass is 10.00. The quantitative estimate of drug-likeness (QED) is 0.0251. The number of aromatic amines is 1. The summed E-state index contributed by atoms with van der Waals surface area (Å²) in [5.41, 5.74) is 24.0. The smallest absolute Gasteiger partial charge is 0.325 e. The molecule has 2 rings (SSSR count). The van der Waals surface area contributed by atoms with Crippen molar-refractivity contribution < 1.29 is 43.8 Å². The highest BCUT2D eigenvalue weighted by Crippen LogP contribution is 2.13. The van der Waals surface area contributed by atoms with E-state index in [2.05, 4.69) is 46.9 Å². The van der Waals surface area contributed by atoms with Crippen LogP contribution in [0.4, 0.5) is 0 Å². The number of aliphatic carboxylic acids is 1. The zero-order valence-electron chi connectivity index (χ0n) is 35.1. The molecule has 61 heavy (non-hydrogen) atoms. The summed E-state index contributed by atoms with van der Waals surface area (Å²) in [7, 11) is 0. The Hall–Kier alpha value is -6.29. The van der Waals surface area contributed by atoms with E-state index in [0.29, 0.717) is 30.6 Å². The van der Waals surface area contributed by atoms with Crippen LogP contribution in [-0.2, 0) is 46.4 Å². The molecule has 0 spiro atoms. The van der Waals surface area contributed by atoms with Crippen LogP contribution in [0.3, 0.4) is 0 Å². The number of nitrogens with two attached hydrogens (primary N) is 4. The molecule has 0 aliphatic rings. The number of guanidine groups is 1. The molecule has 0 saturated heterocycles. The van der Waals surface area contributed by atoms with Gasteiger partial charge in [0.25, 0.3) is 0 Å². The number of carbonyl (C=O) groups excluding carboxylic acids is 6. The second kappa shape index (κ2) is 26.0. The second-order valence-electron chi connectivity index (χ2n) is 15.2. The van der Waals surface area contributed by atoms with Crippen LogP contribution in [-0.4, -0.2) is 123 Å². The van der Waals surface area contributed by atoms with Crippen LogP contribution in [0.25, 0.3) is 0 Å². The Labute approximate surface area is 354 Å². The summed E-state index contributed by atoms with van der Waals surface area (Å²) >= 11 is 0. The van der Waals surface area contributed by atoms with E-state index >= 15 is 0 Å². The summed E-state index contributed by atoms with van der Waals surface area (Å²) in [5, 5.41) is 34.3. The van der Waals surface area contributed by atoms with E-state index in [0.717, 1.165) is 0 Å². The number of phenols is 1. The van der Waals surface area contributed by atoms with Crippen molar-refractivity contribution in [1.82, 2.24) is 41.9 Å². The van der Waals surface area contributed by atoms with Gasteiger partial charge in [0.05, 0.1) is 12.4 Å². The third-order valence-electron chi connectivity index (χ3n) is 9.32. The Morgan fingerprint density at radius 2 is 1.25 bits per heavy atom. The fourth-order valence-electron chi connectivity index (χ4n) is 5.92. The van der Waals surface area contributed by atoms with E-state index in [1.165, 1.54) is 38.5 Å². The van der Waals surface area contributed by atoms with Crippen LogP contribution >= 0.6 is 0 Å². The fraction of sp³-hybridized carbons (Fsp3) is 0.564. The van der Waals surface area contributed by atoms with Crippen molar-refractivity contribution in [2.45, 2.75) is 121 Å². The van der Waals surface area contributed by atoms with Crippen molar-refractivity contribution in [3.05, 3.63) is 48.0 Å². The molecule has 1 aromatic carbocycles. The molecular weight excluding hydrogens is 795 g/mol. The second-order valence-corrected chi connectivity index (χ2v) is 15.2. The van der Waals surface area contributed by atoms with Crippen LogP contribution in [0.5, 0.6) is 5.75 Å². The van der Waals surface area contributed by atoms with Gasteiger partial charge in [0.1, 0.15) is 42.0 Å². The molecule has 0 radical (unpaired) electrons. The number of rotatable bonds is 27. The number of unbranched alkanes of at least 4 members (excludes halogenated alkanes) is 1. The van der Waals surface area contributed by atoms with Gasteiger partial charge in [0, 0.05) is 24.9 Å². The van der Waals surface area contributed by atoms with Gasteiger partial charge in [-0.15, -0.1) is 0 Å². The number of H-pyrrole nitrogens is 1. The maximum Gasteiger partial charge on any atom is 0.325 e. The molecule has 0 unspecified atom stereocenters. The van der Waals surface area contributed by atoms with Gasteiger partial charge in [-0.1, -0.05) is 26.0 Å². The molecule has 2 aromatic rings. The first-order valence-electron chi connectivity index (χ1n) is 20.1. The van der Waals surface area contributed by atoms with Gasteiger partial charge in [0.15, 0.2) is 5.96 Å². The number of imidazole rings is 1. The lowest BCUT2D eigenvalue weighted by molar-refractivity contribution is -0.141. The van der Waals surface area contributed by atoms with Gasteiger partial charge < -0.3 is 70.0 Å². The molecule has 1 aromatic heterocycles. The summed E-state index contributed by atoms with van der Waals surface area (Å²) in [6.45, 7) is 6.70. The first-order valence-corrected chi connectivity index (χ1v) is 20.1. The topological polar surface area (TPSA) is 377 Å². The van der Waals surface area contributed by atoms with Gasteiger partial charge in [0.2, 0.25) is 35.4 Å². The van der Waals surface area contributed by atoms with Crippen molar-refractivity contribution in [3.8, 4) is 5.75 Å². The number of aromatic nitrogens is 2. The van der Waals surface area contributed by atoms with Crippen molar-refractivity contribution in [3.63, 3.8) is 0 Å². The number of carboxylic acids is 1. The number of aliphatic imine (C=N–C) groups is 1. The van der Waals surface area contributed by atoms with E-state index in [4.69, 9.17) is 28.0 Å². The normalized spacial score (nSPS) is 14.5. The largest absolute Gasteiger partial charge is 0.508 e. The van der Waals surface area contributed by atoms with Crippen molar-refractivity contribution in [2.75, 3.05) is 13.1 Å². The number of nitrogens with zero attached hydrogens (tertiary/aromatic N) is 2. The number of nitrogens with one attached hydrogen (secondary N) is 7. The van der Waals surface area contributed by atoms with Crippen LogP contribution < -0.4 is 54.8 Å². The first kappa shape index (κ1) is 50.9. The van der Waals surface area contributed by atoms with Crippen LogP contribution in [0, 0.1) is 5.92 Å². The van der Waals surface area contributed by atoms with Crippen molar-refractivity contribution in [2.24, 2.45) is 33.8 Å². The standard InChI is InChI=1S/C39H63N13O9/c1-21(2)16-30(51-33(55)27(41)17-24-10-12-26(53)13-11-24)37(59)50-28(8-5-6-14-40)34(56)49-29(9-7-15-45-39(42)43)35(57)52-31(18-25-19-44-20-46-25)36(58)47-22(3)32(54)48-23(4)38(60)61/h10-13,19-23,27-31,53H,5-9,14-18,40-41H2,1-4H3,(H,44,46)(H,47,58)(H,48,54)(H,49,56)(H,50,59)(H,51,55)(H,52,57)(H,60,61)(H4,42,43,45)/t22-,23-,27-,28-,29-,30-,31-/m0/s1. The third kappa shape index (κ3) is 19.1. The van der Waals surface area contributed by atoms with E-state index < -0.39 is 83.7 Å². The van der Waals surface area contributed by atoms with Gasteiger partial charge >= 0.3 is 5.97 Å². The predicted octanol–water partition coefficient (Wildman–Crippen LogP) is -2.51. The van der Waals surface area contributed by atoms with E-state index in [1.807, 2.05) is 13.8 Å². The molecule has 7 atom stereocenters. The Kier molecular flexibility index (Phi) is 21.7. The Morgan fingerprint density at radius 3 is 1.79 bits per heavy atom. The zero-order chi connectivity index (χ0) is 45.6. The predicted molar refractivity (Wildman–Crippen MR) is 225 cm³/mol. The highest BCUT2D eigenvalue weighted by molar-refractivity contribution is 5.97. The summed E-state index contributed by atoms with van der Waals surface area (Å²) in [6.07, 6.45) is 4.23. The Bertz CT molecular complexity index is 1770. The van der Waals surface area contributed by atoms with Gasteiger partial charge in [-0.2, -0.15) is 0 Å². The molecule has 0 saturated carbocycles. The molecule has 1 heterocycles. The SMILES string of the molecule is CC(C)C[C@H](NC(=O)[C@@H](N)Cc1ccc(O)cc1)C(=O)N[C@@H](CCCCN)C(=O)N[C@@H](CCCN=C(N)N)C(=O)N[C@@H](Cc1cnc[nH]1)C(=O)N[C@@H](C)C(=O)N[C@@H](C)C(=O)O.